The van der Waals surface area contributed by atoms with Crippen LogP contribution in [-0.2, 0) is 0 Å². The van der Waals surface area contributed by atoms with Crippen LogP contribution < -0.4 is 24.7 Å². The van der Waals surface area contributed by atoms with Crippen LogP contribution in [-0.4, -0.2) is 43.8 Å². The number of fused-ring (bicyclic) bond motifs is 1. The van der Waals surface area contributed by atoms with Crippen molar-refractivity contribution in [2.24, 2.45) is 0 Å². The van der Waals surface area contributed by atoms with E-state index in [1.165, 1.54) is 0 Å². The lowest BCUT2D eigenvalue weighted by molar-refractivity contribution is 0.373. The van der Waals surface area contributed by atoms with Crippen molar-refractivity contribution in [3.8, 4) is 17.2 Å². The summed E-state index contributed by atoms with van der Waals surface area (Å²) in [5, 5.41) is 0. The fourth-order valence-electron chi connectivity index (χ4n) is 3.63. The maximum absolute atomic E-state index is 12.4. The Kier molecular flexibility index (Phi) is 5.12. The lowest BCUT2D eigenvalue weighted by Crippen LogP contribution is -2.31. The number of anilines is 1. The highest BCUT2D eigenvalue weighted by atomic mass is 16.5. The monoisotopic (exact) mass is 393 g/mol. The van der Waals surface area contributed by atoms with Crippen LogP contribution in [0.15, 0.2) is 53.5 Å². The number of hydrogen-bond acceptors (Lipinski definition) is 6. The van der Waals surface area contributed by atoms with Gasteiger partial charge in [0.2, 0.25) is 0 Å². The van der Waals surface area contributed by atoms with Gasteiger partial charge in [0, 0.05) is 37.5 Å². The van der Waals surface area contributed by atoms with Crippen molar-refractivity contribution in [3.05, 3.63) is 64.6 Å². The molecule has 150 valence electrons. The first-order chi connectivity index (χ1) is 14.1. The molecule has 0 amide bonds. The van der Waals surface area contributed by atoms with Crippen molar-refractivity contribution in [1.82, 2.24) is 9.38 Å². The van der Waals surface area contributed by atoms with Crippen LogP contribution in [0.25, 0.3) is 11.2 Å². The summed E-state index contributed by atoms with van der Waals surface area (Å²) in [6, 6.07) is 10.8. The molecule has 0 saturated carbocycles. The topological polar surface area (TPSA) is 65.3 Å². The smallest absolute Gasteiger partial charge is 0.259 e. The number of pyridine rings is 1. The Morgan fingerprint density at radius 3 is 2.38 bits per heavy atom. The molecule has 2 aromatic heterocycles. The predicted octanol–water partition coefficient (Wildman–Crippen LogP) is 3.01. The molecule has 29 heavy (non-hydrogen) atoms. The summed E-state index contributed by atoms with van der Waals surface area (Å²) in [6.45, 7) is 1.38. The highest BCUT2D eigenvalue weighted by Crippen LogP contribution is 2.41. The lowest BCUT2D eigenvalue weighted by atomic mass is 9.97. The standard InChI is InChI=1S/C22H23N3O4/c1-27-16-12-17(28-2)22(18(13-16)29-3)15-7-10-24(11-8-15)20-14-21(26)25-9-5-4-6-19(25)23-20/h4-7,9,12-14H,8,10-11H2,1-3H3. The van der Waals surface area contributed by atoms with Crippen LogP contribution in [0.3, 0.4) is 0 Å². The molecule has 0 fully saturated rings. The first kappa shape index (κ1) is 18.9. The molecule has 1 aromatic carbocycles. The minimum atomic E-state index is -0.0844. The average molecular weight is 393 g/mol. The first-order valence-corrected chi connectivity index (χ1v) is 9.37. The molecule has 1 aliphatic rings. The number of aromatic nitrogens is 2. The maximum Gasteiger partial charge on any atom is 0.259 e. The van der Waals surface area contributed by atoms with Crippen molar-refractivity contribution >= 4 is 17.0 Å². The second-order valence-electron chi connectivity index (χ2n) is 6.71. The van der Waals surface area contributed by atoms with E-state index in [0.29, 0.717) is 35.3 Å². The molecule has 4 rings (SSSR count). The fourth-order valence-corrected chi connectivity index (χ4v) is 3.63. The molecule has 0 saturated heterocycles. The average Bonchev–Trinajstić information content (AvgIpc) is 2.78. The van der Waals surface area contributed by atoms with E-state index in [2.05, 4.69) is 16.0 Å². The number of nitrogens with zero attached hydrogens (tertiary/aromatic N) is 3. The number of benzene rings is 1. The van der Waals surface area contributed by atoms with Gasteiger partial charge < -0.3 is 19.1 Å². The molecule has 7 heteroatoms. The third-order valence-electron chi connectivity index (χ3n) is 5.13. The quantitative estimate of drug-likeness (QED) is 0.664. The summed E-state index contributed by atoms with van der Waals surface area (Å²) in [4.78, 5) is 19.1. The number of rotatable bonds is 5. The van der Waals surface area contributed by atoms with E-state index in [-0.39, 0.29) is 5.56 Å². The summed E-state index contributed by atoms with van der Waals surface area (Å²) in [6.07, 6.45) is 4.63. The molecule has 7 nitrogen and oxygen atoms in total. The van der Waals surface area contributed by atoms with Gasteiger partial charge in [-0.05, 0) is 24.1 Å². The molecule has 0 radical (unpaired) electrons. The largest absolute Gasteiger partial charge is 0.496 e. The third-order valence-corrected chi connectivity index (χ3v) is 5.13. The molecule has 0 bridgehead atoms. The Morgan fingerprint density at radius 1 is 1.00 bits per heavy atom. The Labute approximate surface area is 168 Å². The van der Waals surface area contributed by atoms with E-state index < -0.39 is 0 Å². The van der Waals surface area contributed by atoms with Gasteiger partial charge in [-0.25, -0.2) is 4.98 Å². The minimum Gasteiger partial charge on any atom is -0.496 e. The molecule has 3 aromatic rings. The normalized spacial score (nSPS) is 13.9. The molecule has 3 heterocycles. The number of methoxy groups -OCH3 is 3. The van der Waals surface area contributed by atoms with Gasteiger partial charge in [0.05, 0.1) is 26.9 Å². The second kappa shape index (κ2) is 7.87. The van der Waals surface area contributed by atoms with Crippen LogP contribution in [0.4, 0.5) is 5.82 Å². The molecule has 0 atom stereocenters. The Balaban J connectivity index is 1.67. The van der Waals surface area contributed by atoms with Gasteiger partial charge in [-0.3, -0.25) is 9.20 Å². The summed E-state index contributed by atoms with van der Waals surface area (Å²) in [7, 11) is 4.89. The molecule has 0 spiro atoms. The van der Waals surface area contributed by atoms with Crippen molar-refractivity contribution in [2.45, 2.75) is 6.42 Å². The molecule has 0 N–H and O–H groups in total. The Morgan fingerprint density at radius 2 is 1.76 bits per heavy atom. The van der Waals surface area contributed by atoms with Crippen molar-refractivity contribution in [1.29, 1.82) is 0 Å². The number of ether oxygens (including phenoxy) is 3. The fraction of sp³-hybridized carbons (Fsp3) is 0.273. The molecule has 0 unspecified atom stereocenters. The SMILES string of the molecule is COc1cc(OC)c(C2=CCN(c3cc(=O)n4ccccc4n3)CC2)c(OC)c1. The Bertz CT molecular complexity index is 1110. The van der Waals surface area contributed by atoms with Crippen molar-refractivity contribution < 1.29 is 14.2 Å². The highest BCUT2D eigenvalue weighted by molar-refractivity contribution is 5.78. The van der Waals surface area contributed by atoms with E-state index in [0.717, 1.165) is 24.1 Å². The zero-order valence-electron chi connectivity index (χ0n) is 16.7. The van der Waals surface area contributed by atoms with Crippen LogP contribution in [0.5, 0.6) is 17.2 Å². The van der Waals surface area contributed by atoms with Gasteiger partial charge in [-0.1, -0.05) is 12.1 Å². The molecule has 1 aliphatic heterocycles. The van der Waals surface area contributed by atoms with Gasteiger partial charge in [-0.2, -0.15) is 0 Å². The van der Waals surface area contributed by atoms with E-state index in [1.54, 1.807) is 38.0 Å². The van der Waals surface area contributed by atoms with Crippen LogP contribution in [0.2, 0.25) is 0 Å². The van der Waals surface area contributed by atoms with Crippen molar-refractivity contribution in [3.63, 3.8) is 0 Å². The van der Waals surface area contributed by atoms with Gasteiger partial charge in [0.15, 0.2) is 0 Å². The van der Waals surface area contributed by atoms with Crippen LogP contribution in [0.1, 0.15) is 12.0 Å². The first-order valence-electron chi connectivity index (χ1n) is 9.37. The van der Waals surface area contributed by atoms with E-state index in [9.17, 15) is 4.79 Å². The Hall–Kier alpha value is -3.48. The van der Waals surface area contributed by atoms with Gasteiger partial charge in [0.1, 0.15) is 28.7 Å². The maximum atomic E-state index is 12.4. The van der Waals surface area contributed by atoms with Gasteiger partial charge in [0.25, 0.3) is 5.56 Å². The van der Waals surface area contributed by atoms with Crippen molar-refractivity contribution in [2.75, 3.05) is 39.3 Å². The van der Waals surface area contributed by atoms with Crippen LogP contribution in [0, 0.1) is 0 Å². The van der Waals surface area contributed by atoms with E-state index in [4.69, 9.17) is 14.2 Å². The second-order valence-corrected chi connectivity index (χ2v) is 6.71. The van der Waals surface area contributed by atoms with Gasteiger partial charge >= 0.3 is 0 Å². The van der Waals surface area contributed by atoms with Gasteiger partial charge in [-0.15, -0.1) is 0 Å². The molecule has 0 aliphatic carbocycles. The zero-order chi connectivity index (χ0) is 20.4. The summed E-state index contributed by atoms with van der Waals surface area (Å²) < 4.78 is 18.1. The summed E-state index contributed by atoms with van der Waals surface area (Å²) in [5.74, 6) is 2.79. The van der Waals surface area contributed by atoms with E-state index >= 15 is 0 Å². The third kappa shape index (κ3) is 3.51. The minimum absolute atomic E-state index is 0.0844. The van der Waals surface area contributed by atoms with Crippen LogP contribution >= 0.6 is 0 Å². The lowest BCUT2D eigenvalue weighted by Gasteiger charge is -2.28. The van der Waals surface area contributed by atoms with E-state index in [1.807, 2.05) is 30.3 Å². The number of hydrogen-bond donors (Lipinski definition) is 0. The summed E-state index contributed by atoms with van der Waals surface area (Å²) >= 11 is 0. The summed E-state index contributed by atoms with van der Waals surface area (Å²) in [5.41, 5.74) is 2.62. The predicted molar refractivity (Wildman–Crippen MR) is 112 cm³/mol. The zero-order valence-corrected chi connectivity index (χ0v) is 16.7. The highest BCUT2D eigenvalue weighted by Gasteiger charge is 2.22. The molecular formula is C22H23N3O4. The molecular weight excluding hydrogens is 370 g/mol.